The van der Waals surface area contributed by atoms with Gasteiger partial charge in [0.25, 0.3) is 0 Å². The zero-order chi connectivity index (χ0) is 36.3. The zero-order valence-corrected chi connectivity index (χ0v) is 30.6. The molecule has 3 heteroatoms. The van der Waals surface area contributed by atoms with E-state index in [0.29, 0.717) is 0 Å². The minimum atomic E-state index is 0.908. The van der Waals surface area contributed by atoms with Gasteiger partial charge in [0.05, 0.1) is 0 Å². The molecule has 258 valence electrons. The molecule has 0 saturated carbocycles. The first-order chi connectivity index (χ1) is 27.3. The molecule has 0 atom stereocenters. The number of anilines is 3. The number of nitrogens with zero attached hydrogens (tertiary/aromatic N) is 1. The first kappa shape index (κ1) is 31.6. The minimum Gasteiger partial charge on any atom is -0.455 e. The molecule has 11 rings (SSSR count). The van der Waals surface area contributed by atoms with Gasteiger partial charge >= 0.3 is 0 Å². The molecule has 0 fully saturated rings. The van der Waals surface area contributed by atoms with E-state index < -0.39 is 0 Å². The van der Waals surface area contributed by atoms with E-state index in [1.54, 1.807) is 0 Å². The van der Waals surface area contributed by atoms with Crippen molar-refractivity contribution in [1.29, 1.82) is 0 Å². The van der Waals surface area contributed by atoms with Crippen molar-refractivity contribution in [2.45, 2.75) is 0 Å². The Hall–Kier alpha value is -6.94. The van der Waals surface area contributed by atoms with Crippen molar-refractivity contribution in [1.82, 2.24) is 0 Å². The summed E-state index contributed by atoms with van der Waals surface area (Å²) >= 11 is 1.90. The highest BCUT2D eigenvalue weighted by molar-refractivity contribution is 7.27. The first-order valence-electron chi connectivity index (χ1n) is 18.7. The van der Waals surface area contributed by atoms with Crippen LogP contribution >= 0.6 is 11.3 Å². The average Bonchev–Trinajstić information content (AvgIpc) is 3.84. The minimum absolute atomic E-state index is 0.908. The maximum atomic E-state index is 6.44. The molecule has 9 aromatic carbocycles. The second-order valence-electron chi connectivity index (χ2n) is 14.1. The summed E-state index contributed by atoms with van der Waals surface area (Å²) in [6.07, 6.45) is 0. The summed E-state index contributed by atoms with van der Waals surface area (Å²) in [5.74, 6) is 0. The van der Waals surface area contributed by atoms with Crippen molar-refractivity contribution in [3.8, 4) is 33.4 Å². The summed E-state index contributed by atoms with van der Waals surface area (Å²) in [6, 6.07) is 72.1. The van der Waals surface area contributed by atoms with Crippen LogP contribution in [0.25, 0.3) is 86.3 Å². The van der Waals surface area contributed by atoms with E-state index in [2.05, 4.69) is 193 Å². The van der Waals surface area contributed by atoms with Crippen molar-refractivity contribution in [3.05, 3.63) is 200 Å². The SMILES string of the molecule is c1ccc(-c2ccc(N(c3ccc(-c4cccc5c4oc4ccccc45)cc3)c3cc(-c4ccccc4)c4sc5c6ccccc6ccc5c4c3)cc2)cc1. The highest BCUT2D eigenvalue weighted by Gasteiger charge is 2.20. The summed E-state index contributed by atoms with van der Waals surface area (Å²) in [4.78, 5) is 2.40. The average molecular weight is 720 g/mol. The van der Waals surface area contributed by atoms with Crippen LogP contribution in [0.5, 0.6) is 0 Å². The number of furan rings is 1. The van der Waals surface area contributed by atoms with Crippen LogP contribution in [-0.4, -0.2) is 0 Å². The number of thiophene rings is 1. The summed E-state index contributed by atoms with van der Waals surface area (Å²) in [6.45, 7) is 0. The van der Waals surface area contributed by atoms with Gasteiger partial charge in [0.1, 0.15) is 11.2 Å². The van der Waals surface area contributed by atoms with E-state index in [4.69, 9.17) is 4.42 Å². The Morgan fingerprint density at radius 2 is 0.945 bits per heavy atom. The van der Waals surface area contributed by atoms with E-state index in [1.165, 1.54) is 53.2 Å². The molecule has 11 aromatic rings. The number of para-hydroxylation sites is 2. The summed E-state index contributed by atoms with van der Waals surface area (Å²) in [5.41, 5.74) is 12.1. The van der Waals surface area contributed by atoms with Crippen molar-refractivity contribution < 1.29 is 4.42 Å². The van der Waals surface area contributed by atoms with Gasteiger partial charge in [-0.1, -0.05) is 158 Å². The normalized spacial score (nSPS) is 11.6. The van der Waals surface area contributed by atoms with E-state index in [0.717, 1.165) is 50.1 Å². The lowest BCUT2D eigenvalue weighted by Crippen LogP contribution is -2.10. The van der Waals surface area contributed by atoms with Crippen LogP contribution in [-0.2, 0) is 0 Å². The molecule has 0 amide bonds. The third kappa shape index (κ3) is 5.32. The number of fused-ring (bicyclic) bond motifs is 8. The lowest BCUT2D eigenvalue weighted by Gasteiger charge is -2.27. The predicted octanol–water partition coefficient (Wildman–Crippen LogP) is 15.6. The van der Waals surface area contributed by atoms with Gasteiger partial charge in [0, 0.05) is 59.1 Å². The lowest BCUT2D eigenvalue weighted by atomic mass is 9.99. The molecule has 0 bridgehead atoms. The molecule has 2 aromatic heterocycles. The zero-order valence-electron chi connectivity index (χ0n) is 29.8. The van der Waals surface area contributed by atoms with Gasteiger partial charge < -0.3 is 9.32 Å². The number of hydrogen-bond acceptors (Lipinski definition) is 3. The molecule has 0 saturated heterocycles. The molecule has 0 radical (unpaired) electrons. The highest BCUT2D eigenvalue weighted by atomic mass is 32.1. The number of benzene rings is 9. The molecule has 55 heavy (non-hydrogen) atoms. The third-order valence-corrected chi connectivity index (χ3v) is 12.2. The highest BCUT2D eigenvalue weighted by Crippen LogP contribution is 2.47. The Balaban J connectivity index is 1.12. The van der Waals surface area contributed by atoms with Crippen molar-refractivity contribution in [2.24, 2.45) is 0 Å². The monoisotopic (exact) mass is 719 g/mol. The standard InChI is InChI=1S/C52H33NOS/c1-3-12-34(13-4-1)35-22-27-39(28-23-35)53(40-29-24-38(25-30-40)42-19-11-20-45-44-18-9-10-21-49(44)54-50(42)45)41-32-47(36-14-5-2-6-15-36)52-48(33-41)46-31-26-37-16-7-8-17-43(37)51(46)55-52/h1-33H. The largest absolute Gasteiger partial charge is 0.455 e. The quantitative estimate of drug-likeness (QED) is 0.170. The van der Waals surface area contributed by atoms with Crippen molar-refractivity contribution in [3.63, 3.8) is 0 Å². The summed E-state index contributed by atoms with van der Waals surface area (Å²) in [7, 11) is 0. The summed E-state index contributed by atoms with van der Waals surface area (Å²) in [5, 5.41) is 7.38. The van der Waals surface area contributed by atoms with Crippen molar-refractivity contribution >= 4 is 81.3 Å². The van der Waals surface area contributed by atoms with Crippen LogP contribution in [0.1, 0.15) is 0 Å². The van der Waals surface area contributed by atoms with Gasteiger partial charge in [-0.2, -0.15) is 0 Å². The van der Waals surface area contributed by atoms with Crippen LogP contribution in [0, 0.1) is 0 Å². The molecule has 0 aliphatic carbocycles. The Morgan fingerprint density at radius 3 is 1.71 bits per heavy atom. The smallest absolute Gasteiger partial charge is 0.143 e. The van der Waals surface area contributed by atoms with Crippen LogP contribution < -0.4 is 4.90 Å². The fourth-order valence-electron chi connectivity index (χ4n) is 8.20. The van der Waals surface area contributed by atoms with E-state index >= 15 is 0 Å². The third-order valence-electron chi connectivity index (χ3n) is 10.9. The van der Waals surface area contributed by atoms with Crippen LogP contribution in [0.2, 0.25) is 0 Å². The number of hydrogen-bond donors (Lipinski definition) is 0. The predicted molar refractivity (Wildman–Crippen MR) is 235 cm³/mol. The molecule has 0 spiro atoms. The van der Waals surface area contributed by atoms with E-state index in [1.807, 2.05) is 23.5 Å². The molecule has 0 aliphatic rings. The van der Waals surface area contributed by atoms with Gasteiger partial charge in [-0.15, -0.1) is 11.3 Å². The van der Waals surface area contributed by atoms with Gasteiger partial charge in [-0.05, 0) is 75.5 Å². The molecule has 0 unspecified atom stereocenters. The van der Waals surface area contributed by atoms with Crippen LogP contribution in [0.15, 0.2) is 205 Å². The Morgan fingerprint density at radius 1 is 0.345 bits per heavy atom. The second kappa shape index (κ2) is 12.9. The molecule has 2 nitrogen and oxygen atoms in total. The molecule has 0 N–H and O–H groups in total. The summed E-state index contributed by atoms with van der Waals surface area (Å²) < 4.78 is 9.07. The van der Waals surface area contributed by atoms with E-state index in [9.17, 15) is 0 Å². The Kier molecular flexibility index (Phi) is 7.39. The fraction of sp³-hybridized carbons (Fsp3) is 0. The van der Waals surface area contributed by atoms with Crippen LogP contribution in [0.4, 0.5) is 17.1 Å². The van der Waals surface area contributed by atoms with Gasteiger partial charge in [-0.25, -0.2) is 0 Å². The molecular formula is C52H33NOS. The maximum absolute atomic E-state index is 6.44. The van der Waals surface area contributed by atoms with Gasteiger partial charge in [-0.3, -0.25) is 0 Å². The lowest BCUT2D eigenvalue weighted by molar-refractivity contribution is 0.670. The Labute approximate surface area is 322 Å². The number of rotatable bonds is 6. The maximum Gasteiger partial charge on any atom is 0.143 e. The van der Waals surface area contributed by atoms with Crippen LogP contribution in [0.3, 0.4) is 0 Å². The topological polar surface area (TPSA) is 16.4 Å². The van der Waals surface area contributed by atoms with Gasteiger partial charge in [0.15, 0.2) is 0 Å². The first-order valence-corrected chi connectivity index (χ1v) is 19.5. The molecular weight excluding hydrogens is 687 g/mol. The Bertz CT molecular complexity index is 3180. The molecule has 2 heterocycles. The van der Waals surface area contributed by atoms with E-state index in [-0.39, 0.29) is 0 Å². The van der Waals surface area contributed by atoms with Gasteiger partial charge in [0.2, 0.25) is 0 Å². The fourth-order valence-corrected chi connectivity index (χ4v) is 9.55. The second-order valence-corrected chi connectivity index (χ2v) is 15.1. The van der Waals surface area contributed by atoms with Crippen molar-refractivity contribution in [2.75, 3.05) is 4.90 Å². The molecule has 0 aliphatic heterocycles.